The molecule has 0 fully saturated rings. The van der Waals surface area contributed by atoms with Crippen molar-refractivity contribution >= 4 is 0 Å². The lowest BCUT2D eigenvalue weighted by molar-refractivity contribution is -0.0277. The molecule has 0 amide bonds. The summed E-state index contributed by atoms with van der Waals surface area (Å²) in [6.45, 7) is 5.68. The quantitative estimate of drug-likeness (QED) is 0.829. The Morgan fingerprint density at radius 3 is 2.65 bits per heavy atom. The summed E-state index contributed by atoms with van der Waals surface area (Å²) in [5, 5.41) is 10.0. The maximum absolute atomic E-state index is 13.6. The van der Waals surface area contributed by atoms with E-state index in [1.807, 2.05) is 13.8 Å². The zero-order valence-electron chi connectivity index (χ0n) is 10.5. The molecule has 1 aromatic rings. The van der Waals surface area contributed by atoms with Crippen LogP contribution in [0.15, 0.2) is 18.2 Å². The van der Waals surface area contributed by atoms with Crippen molar-refractivity contribution < 1.29 is 14.2 Å². The van der Waals surface area contributed by atoms with E-state index in [0.717, 1.165) is 0 Å². The molecule has 1 atom stereocenters. The third-order valence-electron chi connectivity index (χ3n) is 3.02. The van der Waals surface area contributed by atoms with Crippen molar-refractivity contribution in [1.82, 2.24) is 0 Å². The molecule has 0 heterocycles. The molecule has 0 bridgehead atoms. The first-order chi connectivity index (χ1) is 7.88. The first-order valence-electron chi connectivity index (χ1n) is 5.71. The van der Waals surface area contributed by atoms with Gasteiger partial charge in [0.25, 0.3) is 0 Å². The van der Waals surface area contributed by atoms with E-state index in [2.05, 4.69) is 0 Å². The van der Waals surface area contributed by atoms with Gasteiger partial charge in [-0.2, -0.15) is 0 Å². The first-order valence-corrected chi connectivity index (χ1v) is 5.71. The van der Waals surface area contributed by atoms with E-state index in [4.69, 9.17) is 10.5 Å². The summed E-state index contributed by atoms with van der Waals surface area (Å²) in [6.07, 6.45) is 0. The van der Waals surface area contributed by atoms with Gasteiger partial charge in [0, 0.05) is 12.1 Å². The minimum absolute atomic E-state index is 0.0237. The van der Waals surface area contributed by atoms with Crippen LogP contribution in [0.2, 0.25) is 0 Å². The Balaban J connectivity index is 2.82. The van der Waals surface area contributed by atoms with E-state index >= 15 is 0 Å². The van der Waals surface area contributed by atoms with Crippen molar-refractivity contribution in [2.24, 2.45) is 11.7 Å². The molecular weight excluding hydrogens is 221 g/mol. The second kappa shape index (κ2) is 5.47. The standard InChI is InChI=1S/C13H20FNO2/c1-9(2)13(3,16)8-17-12-10(7-15)5-4-6-11(12)14/h4-6,9,16H,7-8,15H2,1-3H3. The van der Waals surface area contributed by atoms with Crippen LogP contribution in [0.1, 0.15) is 26.3 Å². The maximum atomic E-state index is 13.6. The number of hydrogen-bond acceptors (Lipinski definition) is 3. The molecule has 0 saturated carbocycles. The highest BCUT2D eigenvalue weighted by Gasteiger charge is 2.26. The summed E-state index contributed by atoms with van der Waals surface area (Å²) < 4.78 is 18.9. The molecule has 96 valence electrons. The minimum atomic E-state index is -0.992. The molecule has 0 spiro atoms. The molecule has 3 N–H and O–H groups in total. The number of hydrogen-bond donors (Lipinski definition) is 2. The van der Waals surface area contributed by atoms with Gasteiger partial charge in [0.05, 0.1) is 5.60 Å². The van der Waals surface area contributed by atoms with Gasteiger partial charge in [-0.25, -0.2) is 4.39 Å². The second-order valence-corrected chi connectivity index (χ2v) is 4.73. The zero-order chi connectivity index (χ0) is 13.1. The third-order valence-corrected chi connectivity index (χ3v) is 3.02. The van der Waals surface area contributed by atoms with Gasteiger partial charge in [0.15, 0.2) is 11.6 Å². The molecule has 3 nitrogen and oxygen atoms in total. The minimum Gasteiger partial charge on any atom is -0.487 e. The van der Waals surface area contributed by atoms with Gasteiger partial charge >= 0.3 is 0 Å². The predicted octanol–water partition coefficient (Wildman–Crippen LogP) is 2.07. The van der Waals surface area contributed by atoms with Crippen LogP contribution in [0.3, 0.4) is 0 Å². The van der Waals surface area contributed by atoms with Gasteiger partial charge in [0.1, 0.15) is 6.61 Å². The van der Waals surface area contributed by atoms with Gasteiger partial charge in [-0.05, 0) is 18.9 Å². The van der Waals surface area contributed by atoms with Crippen LogP contribution in [0.5, 0.6) is 5.75 Å². The summed E-state index contributed by atoms with van der Waals surface area (Å²) in [5.41, 5.74) is 5.12. The topological polar surface area (TPSA) is 55.5 Å². The highest BCUT2D eigenvalue weighted by Crippen LogP contribution is 2.25. The van der Waals surface area contributed by atoms with Gasteiger partial charge in [-0.3, -0.25) is 0 Å². The number of benzene rings is 1. The van der Waals surface area contributed by atoms with Crippen molar-refractivity contribution in [3.8, 4) is 5.75 Å². The lowest BCUT2D eigenvalue weighted by atomic mass is 9.94. The summed E-state index contributed by atoms with van der Waals surface area (Å²) >= 11 is 0. The Labute approximate surface area is 101 Å². The van der Waals surface area contributed by atoms with Crippen molar-refractivity contribution in [1.29, 1.82) is 0 Å². The van der Waals surface area contributed by atoms with Gasteiger partial charge < -0.3 is 15.6 Å². The number of rotatable bonds is 5. The van der Waals surface area contributed by atoms with Crippen molar-refractivity contribution in [2.45, 2.75) is 32.9 Å². The van der Waals surface area contributed by atoms with Crippen LogP contribution in [0.25, 0.3) is 0 Å². The van der Waals surface area contributed by atoms with E-state index in [1.54, 1.807) is 19.1 Å². The summed E-state index contributed by atoms with van der Waals surface area (Å²) in [4.78, 5) is 0. The average Bonchev–Trinajstić information content (AvgIpc) is 2.26. The molecule has 0 radical (unpaired) electrons. The lowest BCUT2D eigenvalue weighted by Gasteiger charge is -2.28. The Morgan fingerprint density at radius 2 is 2.12 bits per heavy atom. The lowest BCUT2D eigenvalue weighted by Crippen LogP contribution is -2.38. The van der Waals surface area contributed by atoms with E-state index in [1.165, 1.54) is 6.07 Å². The van der Waals surface area contributed by atoms with E-state index < -0.39 is 11.4 Å². The molecule has 0 aliphatic rings. The largest absolute Gasteiger partial charge is 0.487 e. The van der Waals surface area contributed by atoms with E-state index in [9.17, 15) is 9.50 Å². The summed E-state index contributed by atoms with van der Waals surface area (Å²) in [7, 11) is 0. The highest BCUT2D eigenvalue weighted by atomic mass is 19.1. The number of halogens is 1. The van der Waals surface area contributed by atoms with Crippen LogP contribution in [0, 0.1) is 11.7 Å². The first kappa shape index (κ1) is 13.9. The molecule has 0 aliphatic carbocycles. The smallest absolute Gasteiger partial charge is 0.165 e. The van der Waals surface area contributed by atoms with Crippen LogP contribution in [-0.2, 0) is 6.54 Å². The van der Waals surface area contributed by atoms with Gasteiger partial charge in [-0.1, -0.05) is 26.0 Å². The Bertz CT molecular complexity index is 378. The zero-order valence-corrected chi connectivity index (χ0v) is 10.5. The Morgan fingerprint density at radius 1 is 1.47 bits per heavy atom. The number of para-hydroxylation sites is 1. The maximum Gasteiger partial charge on any atom is 0.165 e. The SMILES string of the molecule is CC(C)C(C)(O)COc1c(F)cccc1CN. The molecule has 0 saturated heterocycles. The molecule has 4 heteroatoms. The Hall–Kier alpha value is -1.13. The number of aliphatic hydroxyl groups is 1. The van der Waals surface area contributed by atoms with E-state index in [-0.39, 0.29) is 24.8 Å². The molecule has 1 unspecified atom stereocenters. The number of ether oxygens (including phenoxy) is 1. The highest BCUT2D eigenvalue weighted by molar-refractivity contribution is 5.34. The number of nitrogens with two attached hydrogens (primary N) is 1. The van der Waals surface area contributed by atoms with Gasteiger partial charge in [0.2, 0.25) is 0 Å². The van der Waals surface area contributed by atoms with Crippen molar-refractivity contribution in [3.63, 3.8) is 0 Å². The van der Waals surface area contributed by atoms with Crippen molar-refractivity contribution in [2.75, 3.05) is 6.61 Å². The average molecular weight is 241 g/mol. The van der Waals surface area contributed by atoms with E-state index in [0.29, 0.717) is 5.56 Å². The van der Waals surface area contributed by atoms with Crippen molar-refractivity contribution in [3.05, 3.63) is 29.6 Å². The fourth-order valence-corrected chi connectivity index (χ4v) is 1.26. The predicted molar refractivity (Wildman–Crippen MR) is 65.2 cm³/mol. The normalized spacial score (nSPS) is 14.8. The fraction of sp³-hybridized carbons (Fsp3) is 0.538. The molecule has 17 heavy (non-hydrogen) atoms. The van der Waals surface area contributed by atoms with Crippen LogP contribution in [0.4, 0.5) is 4.39 Å². The summed E-state index contributed by atoms with van der Waals surface area (Å²) in [5.74, 6) is -0.293. The third kappa shape index (κ3) is 3.41. The van der Waals surface area contributed by atoms with Crippen LogP contribution in [-0.4, -0.2) is 17.3 Å². The van der Waals surface area contributed by atoms with Crippen LogP contribution < -0.4 is 10.5 Å². The molecule has 0 aliphatic heterocycles. The summed E-state index contributed by atoms with van der Waals surface area (Å²) in [6, 6.07) is 4.62. The fourth-order valence-electron chi connectivity index (χ4n) is 1.26. The van der Waals surface area contributed by atoms with Gasteiger partial charge in [-0.15, -0.1) is 0 Å². The molecule has 1 aromatic carbocycles. The molecule has 0 aromatic heterocycles. The Kier molecular flexibility index (Phi) is 4.48. The van der Waals surface area contributed by atoms with Crippen LogP contribution >= 0.6 is 0 Å². The molecule has 1 rings (SSSR count). The molecular formula is C13H20FNO2. The monoisotopic (exact) mass is 241 g/mol. The second-order valence-electron chi connectivity index (χ2n) is 4.73.